The Labute approximate surface area is 237 Å². The summed E-state index contributed by atoms with van der Waals surface area (Å²) in [5.74, 6) is 4.11. The number of benzene rings is 4. The average molecular weight is 643 g/mol. The summed E-state index contributed by atoms with van der Waals surface area (Å²) in [5.41, 5.74) is 2.09. The van der Waals surface area contributed by atoms with Gasteiger partial charge in [-0.05, 0) is 69.3 Å². The van der Waals surface area contributed by atoms with E-state index in [1.54, 1.807) is 0 Å². The van der Waals surface area contributed by atoms with Crippen LogP contribution in [0.4, 0.5) is 0 Å². The first kappa shape index (κ1) is 29.5. The first-order chi connectivity index (χ1) is 17.4. The molecule has 0 bridgehead atoms. The maximum absolute atomic E-state index is 6.41. The van der Waals surface area contributed by atoms with E-state index in [4.69, 9.17) is 33.6 Å². The van der Waals surface area contributed by atoms with Crippen LogP contribution in [0.5, 0.6) is 28.7 Å². The summed E-state index contributed by atoms with van der Waals surface area (Å²) in [6, 6.07) is 32.1. The SMILES string of the molecule is CC(C)(C)[PH+]1COc2cccc(-c3c(Oc4ccccc4)cccc3Oc3ccccc3)c21.[CH3-].[Cl][Ru][Cl]. The van der Waals surface area contributed by atoms with Gasteiger partial charge < -0.3 is 21.6 Å². The number of hydrogen-bond acceptors (Lipinski definition) is 3. The Morgan fingerprint density at radius 2 is 1.22 bits per heavy atom. The molecule has 1 aliphatic heterocycles. The van der Waals surface area contributed by atoms with Crippen LogP contribution in [0.15, 0.2) is 97.1 Å². The van der Waals surface area contributed by atoms with E-state index in [1.165, 1.54) is 5.30 Å². The van der Waals surface area contributed by atoms with Gasteiger partial charge in [0.25, 0.3) is 0 Å². The van der Waals surface area contributed by atoms with Crippen molar-refractivity contribution < 1.29 is 29.4 Å². The number of halogens is 2. The molecule has 0 fully saturated rings. The second kappa shape index (κ2) is 13.6. The molecule has 196 valence electrons. The summed E-state index contributed by atoms with van der Waals surface area (Å²) in [7, 11) is 8.74. The van der Waals surface area contributed by atoms with Crippen LogP contribution < -0.4 is 19.5 Å². The van der Waals surface area contributed by atoms with Gasteiger partial charge in [0.1, 0.15) is 28.3 Å². The standard InChI is InChI=1S/C29H27O3P.CH3.2ClH.Ru/c1-29(2,3)33-20-30-26-19-10-16-23(28(26)33)27-24(31-21-12-6-4-7-13-21)17-11-18-25(27)32-22-14-8-5-9-15-22;;;;/h4-19H,20H2,1-3H3;1H3;2*1H;/q;-1;;;+2/p-1. The molecule has 3 nitrogen and oxygen atoms in total. The minimum absolute atomic E-state index is 0. The molecule has 1 unspecified atom stereocenters. The van der Waals surface area contributed by atoms with Crippen molar-refractivity contribution in [3.8, 4) is 39.9 Å². The Morgan fingerprint density at radius 3 is 1.70 bits per heavy atom. The summed E-state index contributed by atoms with van der Waals surface area (Å²) in [4.78, 5) is 0. The summed E-state index contributed by atoms with van der Waals surface area (Å²) in [6.45, 7) is 6.93. The molecule has 37 heavy (non-hydrogen) atoms. The van der Waals surface area contributed by atoms with Crippen LogP contribution in [-0.2, 0) is 15.1 Å². The van der Waals surface area contributed by atoms with Crippen LogP contribution in [-0.4, -0.2) is 11.5 Å². The van der Waals surface area contributed by atoms with Gasteiger partial charge in [0.05, 0.1) is 18.6 Å². The fraction of sp³-hybridized carbons (Fsp3) is 0.167. The zero-order valence-electron chi connectivity index (χ0n) is 21.3. The van der Waals surface area contributed by atoms with Gasteiger partial charge in [-0.15, -0.1) is 0 Å². The summed E-state index contributed by atoms with van der Waals surface area (Å²) >= 11 is -0.346. The van der Waals surface area contributed by atoms with Crippen molar-refractivity contribution in [2.24, 2.45) is 0 Å². The van der Waals surface area contributed by atoms with E-state index in [2.05, 4.69) is 39.0 Å². The van der Waals surface area contributed by atoms with E-state index in [0.717, 1.165) is 46.2 Å². The number of rotatable bonds is 5. The summed E-state index contributed by atoms with van der Waals surface area (Å²) in [6.07, 6.45) is 0.775. The average Bonchev–Trinajstić information content (AvgIpc) is 3.32. The molecular formula is C30H31Cl2O3PRu. The molecule has 0 saturated carbocycles. The fourth-order valence-electron chi connectivity index (χ4n) is 4.16. The Balaban J connectivity index is 0.000000908. The Hall–Kier alpha value is -2.09. The van der Waals surface area contributed by atoms with Crippen LogP contribution in [0, 0.1) is 7.43 Å². The van der Waals surface area contributed by atoms with E-state index in [-0.39, 0.29) is 27.7 Å². The molecule has 0 saturated heterocycles. The number of para-hydroxylation sites is 2. The quantitative estimate of drug-likeness (QED) is 0.123. The van der Waals surface area contributed by atoms with Crippen molar-refractivity contribution in [2.45, 2.75) is 25.9 Å². The molecule has 0 amide bonds. The Morgan fingerprint density at radius 1 is 0.730 bits per heavy atom. The van der Waals surface area contributed by atoms with Gasteiger partial charge in [0, 0.05) is 5.56 Å². The predicted octanol–water partition coefficient (Wildman–Crippen LogP) is 9.75. The summed E-state index contributed by atoms with van der Waals surface area (Å²) in [5, 5.41) is 1.47. The van der Waals surface area contributed by atoms with E-state index in [9.17, 15) is 0 Å². The molecule has 4 aromatic rings. The topological polar surface area (TPSA) is 27.7 Å². The van der Waals surface area contributed by atoms with Gasteiger partial charge >= 0.3 is 34.5 Å². The zero-order valence-corrected chi connectivity index (χ0v) is 25.5. The first-order valence-electron chi connectivity index (χ1n) is 11.5. The normalized spacial score (nSPS) is 13.9. The third-order valence-corrected chi connectivity index (χ3v) is 9.17. The molecule has 0 N–H and O–H groups in total. The van der Waals surface area contributed by atoms with Gasteiger partial charge in [-0.2, -0.15) is 0 Å². The van der Waals surface area contributed by atoms with Crippen LogP contribution >= 0.6 is 27.3 Å². The third-order valence-electron chi connectivity index (χ3n) is 5.80. The molecule has 0 spiro atoms. The summed E-state index contributed by atoms with van der Waals surface area (Å²) < 4.78 is 19.0. The van der Waals surface area contributed by atoms with Crippen LogP contribution in [0.3, 0.4) is 0 Å². The minimum atomic E-state index is -0.972. The van der Waals surface area contributed by atoms with Gasteiger partial charge in [0.2, 0.25) is 0 Å². The monoisotopic (exact) mass is 642 g/mol. The molecule has 1 heterocycles. The Bertz CT molecular complexity index is 1220. The predicted molar refractivity (Wildman–Crippen MR) is 156 cm³/mol. The van der Waals surface area contributed by atoms with Crippen molar-refractivity contribution in [2.75, 3.05) is 6.35 Å². The number of fused-ring (bicyclic) bond motifs is 1. The molecule has 1 aliphatic rings. The van der Waals surface area contributed by atoms with E-state index in [1.807, 2.05) is 78.9 Å². The van der Waals surface area contributed by atoms with E-state index in [0.29, 0.717) is 0 Å². The third kappa shape index (κ3) is 7.27. The number of hydrogen-bond donors (Lipinski definition) is 0. The van der Waals surface area contributed by atoms with Crippen LogP contribution in [0.2, 0.25) is 0 Å². The van der Waals surface area contributed by atoms with Gasteiger partial charge in [0.15, 0.2) is 12.1 Å². The van der Waals surface area contributed by atoms with Gasteiger partial charge in [-0.3, -0.25) is 0 Å². The first-order valence-corrected chi connectivity index (χ1v) is 17.7. The van der Waals surface area contributed by atoms with Crippen molar-refractivity contribution in [1.29, 1.82) is 0 Å². The second-order valence-corrected chi connectivity index (χ2v) is 15.1. The molecule has 0 radical (unpaired) electrons. The van der Waals surface area contributed by atoms with Gasteiger partial charge in [-0.25, -0.2) is 0 Å². The fourth-order valence-corrected chi connectivity index (χ4v) is 6.78. The molecule has 4 aromatic carbocycles. The zero-order chi connectivity index (χ0) is 25.5. The van der Waals surface area contributed by atoms with Crippen molar-refractivity contribution in [1.82, 2.24) is 0 Å². The molecule has 5 rings (SSSR count). The van der Waals surface area contributed by atoms with Crippen molar-refractivity contribution >= 4 is 32.6 Å². The Kier molecular flexibility index (Phi) is 10.9. The molecule has 7 heteroatoms. The maximum atomic E-state index is 6.41. The second-order valence-electron chi connectivity index (χ2n) is 9.21. The molecular weight excluding hydrogens is 611 g/mol. The van der Waals surface area contributed by atoms with Crippen LogP contribution in [0.1, 0.15) is 20.8 Å². The van der Waals surface area contributed by atoms with E-state index < -0.39 is 7.92 Å². The van der Waals surface area contributed by atoms with Crippen molar-refractivity contribution in [3.63, 3.8) is 0 Å². The van der Waals surface area contributed by atoms with Gasteiger partial charge in [-0.1, -0.05) is 48.5 Å². The molecule has 0 aliphatic carbocycles. The van der Waals surface area contributed by atoms with Crippen molar-refractivity contribution in [3.05, 3.63) is 104 Å². The number of ether oxygens (including phenoxy) is 3. The van der Waals surface area contributed by atoms with Crippen LogP contribution in [0.25, 0.3) is 11.1 Å². The molecule has 1 atom stereocenters. The molecule has 0 aromatic heterocycles. The van der Waals surface area contributed by atoms with E-state index >= 15 is 0 Å².